The van der Waals surface area contributed by atoms with E-state index < -0.39 is 0 Å². The van der Waals surface area contributed by atoms with E-state index in [2.05, 4.69) is 35.0 Å². The SMILES string of the molecule is CCCSCC(O)Cc1cc(Br)cc2c1OCC2. The Balaban J connectivity index is 2.00. The molecule has 18 heavy (non-hydrogen) atoms. The van der Waals surface area contributed by atoms with Gasteiger partial charge in [0.25, 0.3) is 0 Å². The van der Waals surface area contributed by atoms with Crippen LogP contribution in [-0.2, 0) is 12.8 Å². The molecule has 4 heteroatoms. The second-order valence-electron chi connectivity index (χ2n) is 4.58. The molecule has 0 saturated heterocycles. The molecule has 0 aromatic heterocycles. The zero-order valence-corrected chi connectivity index (χ0v) is 13.0. The minimum absolute atomic E-state index is 0.288. The molecule has 0 spiro atoms. The van der Waals surface area contributed by atoms with Crippen LogP contribution in [0.4, 0.5) is 0 Å². The first-order valence-corrected chi connectivity index (χ1v) is 8.35. The van der Waals surface area contributed by atoms with Gasteiger partial charge in [-0.3, -0.25) is 0 Å². The van der Waals surface area contributed by atoms with Gasteiger partial charge in [0, 0.05) is 23.1 Å². The van der Waals surface area contributed by atoms with Crippen molar-refractivity contribution in [1.29, 1.82) is 0 Å². The van der Waals surface area contributed by atoms with Crippen LogP contribution in [0.25, 0.3) is 0 Å². The minimum atomic E-state index is -0.288. The third kappa shape index (κ3) is 3.65. The molecule has 1 atom stereocenters. The van der Waals surface area contributed by atoms with E-state index in [0.29, 0.717) is 6.42 Å². The lowest BCUT2D eigenvalue weighted by atomic mass is 10.0. The Labute approximate surface area is 121 Å². The van der Waals surface area contributed by atoms with Crippen molar-refractivity contribution in [2.75, 3.05) is 18.1 Å². The number of rotatable bonds is 6. The molecular formula is C14H19BrO2S. The first kappa shape index (κ1) is 14.2. The van der Waals surface area contributed by atoms with E-state index in [-0.39, 0.29) is 6.10 Å². The van der Waals surface area contributed by atoms with E-state index in [9.17, 15) is 5.11 Å². The van der Waals surface area contributed by atoms with Gasteiger partial charge in [0.15, 0.2) is 0 Å². The maximum atomic E-state index is 10.1. The Morgan fingerprint density at radius 1 is 1.50 bits per heavy atom. The molecule has 0 aliphatic carbocycles. The topological polar surface area (TPSA) is 29.5 Å². The molecule has 0 radical (unpaired) electrons. The molecule has 1 aromatic rings. The highest BCUT2D eigenvalue weighted by Gasteiger charge is 2.19. The predicted molar refractivity (Wildman–Crippen MR) is 80.7 cm³/mol. The molecule has 0 fully saturated rings. The van der Waals surface area contributed by atoms with Crippen LogP contribution in [0.1, 0.15) is 24.5 Å². The van der Waals surface area contributed by atoms with Gasteiger partial charge < -0.3 is 9.84 Å². The summed E-state index contributed by atoms with van der Waals surface area (Å²) < 4.78 is 6.75. The number of hydrogen-bond donors (Lipinski definition) is 1. The van der Waals surface area contributed by atoms with Gasteiger partial charge in [0.1, 0.15) is 5.75 Å². The average molecular weight is 331 g/mol. The number of hydrogen-bond acceptors (Lipinski definition) is 3. The first-order valence-electron chi connectivity index (χ1n) is 6.40. The van der Waals surface area contributed by atoms with Crippen LogP contribution in [0.2, 0.25) is 0 Å². The largest absolute Gasteiger partial charge is 0.493 e. The van der Waals surface area contributed by atoms with Crippen molar-refractivity contribution in [3.05, 3.63) is 27.7 Å². The van der Waals surface area contributed by atoms with Crippen LogP contribution in [-0.4, -0.2) is 29.3 Å². The first-order chi connectivity index (χ1) is 8.70. The van der Waals surface area contributed by atoms with Crippen LogP contribution in [0.3, 0.4) is 0 Å². The Morgan fingerprint density at radius 2 is 2.33 bits per heavy atom. The molecule has 1 unspecified atom stereocenters. The van der Waals surface area contributed by atoms with Crippen molar-refractivity contribution in [2.45, 2.75) is 32.3 Å². The van der Waals surface area contributed by atoms with Gasteiger partial charge in [0.05, 0.1) is 12.7 Å². The molecule has 1 N–H and O–H groups in total. The van der Waals surface area contributed by atoms with Crippen LogP contribution >= 0.6 is 27.7 Å². The molecule has 0 bridgehead atoms. The summed E-state index contributed by atoms with van der Waals surface area (Å²) >= 11 is 5.34. The highest BCUT2D eigenvalue weighted by molar-refractivity contribution is 9.10. The molecule has 1 aliphatic rings. The van der Waals surface area contributed by atoms with Crippen molar-refractivity contribution >= 4 is 27.7 Å². The van der Waals surface area contributed by atoms with Crippen LogP contribution in [0, 0.1) is 0 Å². The van der Waals surface area contributed by atoms with Crippen molar-refractivity contribution in [2.24, 2.45) is 0 Å². The number of halogens is 1. The van der Waals surface area contributed by atoms with Crippen LogP contribution in [0.15, 0.2) is 16.6 Å². The summed E-state index contributed by atoms with van der Waals surface area (Å²) in [5.41, 5.74) is 2.38. The van der Waals surface area contributed by atoms with E-state index in [1.807, 2.05) is 11.8 Å². The molecule has 2 rings (SSSR count). The molecular weight excluding hydrogens is 312 g/mol. The molecule has 1 aromatic carbocycles. The van der Waals surface area contributed by atoms with Gasteiger partial charge in [-0.15, -0.1) is 0 Å². The quantitative estimate of drug-likeness (QED) is 0.810. The van der Waals surface area contributed by atoms with Crippen molar-refractivity contribution < 1.29 is 9.84 Å². The summed E-state index contributed by atoms with van der Waals surface area (Å²) in [5, 5.41) is 10.1. The minimum Gasteiger partial charge on any atom is -0.493 e. The van der Waals surface area contributed by atoms with E-state index in [0.717, 1.165) is 46.7 Å². The molecule has 0 amide bonds. The Hall–Kier alpha value is -0.190. The van der Waals surface area contributed by atoms with Crippen molar-refractivity contribution in [3.8, 4) is 5.75 Å². The lowest BCUT2D eigenvalue weighted by Crippen LogP contribution is -2.14. The summed E-state index contributed by atoms with van der Waals surface area (Å²) in [6, 6.07) is 4.18. The molecule has 0 saturated carbocycles. The number of aliphatic hydroxyl groups is 1. The molecule has 1 aliphatic heterocycles. The highest BCUT2D eigenvalue weighted by Crippen LogP contribution is 2.33. The van der Waals surface area contributed by atoms with E-state index in [4.69, 9.17) is 4.74 Å². The van der Waals surface area contributed by atoms with Gasteiger partial charge in [0.2, 0.25) is 0 Å². The normalized spacial score (nSPS) is 15.3. The fraction of sp³-hybridized carbons (Fsp3) is 0.571. The maximum absolute atomic E-state index is 10.1. The van der Waals surface area contributed by atoms with Gasteiger partial charge in [-0.25, -0.2) is 0 Å². The number of benzene rings is 1. The summed E-state index contributed by atoms with van der Waals surface area (Å²) in [5.74, 6) is 2.91. The number of fused-ring (bicyclic) bond motifs is 1. The second-order valence-corrected chi connectivity index (χ2v) is 6.65. The molecule has 2 nitrogen and oxygen atoms in total. The standard InChI is InChI=1S/C14H19BrO2S/c1-2-5-18-9-13(16)8-11-7-12(15)6-10-3-4-17-14(10)11/h6-7,13,16H,2-5,8-9H2,1H3. The fourth-order valence-corrected chi connectivity index (χ4v) is 3.57. The van der Waals surface area contributed by atoms with Crippen molar-refractivity contribution in [1.82, 2.24) is 0 Å². The van der Waals surface area contributed by atoms with Crippen molar-refractivity contribution in [3.63, 3.8) is 0 Å². The zero-order valence-electron chi connectivity index (χ0n) is 10.6. The van der Waals surface area contributed by atoms with Crippen LogP contribution < -0.4 is 4.74 Å². The number of thioether (sulfide) groups is 1. The molecule has 1 heterocycles. The summed E-state index contributed by atoms with van der Waals surface area (Å²) in [6.45, 7) is 2.92. The fourth-order valence-electron chi connectivity index (χ4n) is 2.17. The second kappa shape index (κ2) is 6.83. The maximum Gasteiger partial charge on any atom is 0.125 e. The van der Waals surface area contributed by atoms with Gasteiger partial charge >= 0.3 is 0 Å². The third-order valence-corrected chi connectivity index (χ3v) is 4.71. The smallest absolute Gasteiger partial charge is 0.125 e. The third-order valence-electron chi connectivity index (χ3n) is 2.94. The Morgan fingerprint density at radius 3 is 3.11 bits per heavy atom. The summed E-state index contributed by atoms with van der Waals surface area (Å²) in [7, 11) is 0. The summed E-state index contributed by atoms with van der Waals surface area (Å²) in [4.78, 5) is 0. The van der Waals surface area contributed by atoms with E-state index >= 15 is 0 Å². The number of ether oxygens (including phenoxy) is 1. The zero-order chi connectivity index (χ0) is 13.0. The highest BCUT2D eigenvalue weighted by atomic mass is 79.9. The monoisotopic (exact) mass is 330 g/mol. The lowest BCUT2D eigenvalue weighted by Gasteiger charge is -2.13. The van der Waals surface area contributed by atoms with E-state index in [1.165, 1.54) is 5.56 Å². The average Bonchev–Trinajstić information content (AvgIpc) is 2.77. The lowest BCUT2D eigenvalue weighted by molar-refractivity contribution is 0.198. The Bertz CT molecular complexity index is 409. The van der Waals surface area contributed by atoms with Gasteiger partial charge in [-0.2, -0.15) is 11.8 Å². The van der Waals surface area contributed by atoms with Crippen LogP contribution in [0.5, 0.6) is 5.75 Å². The molecule has 100 valence electrons. The predicted octanol–water partition coefficient (Wildman–Crippen LogP) is 3.43. The number of aliphatic hydroxyl groups excluding tert-OH is 1. The van der Waals surface area contributed by atoms with Gasteiger partial charge in [-0.1, -0.05) is 22.9 Å². The van der Waals surface area contributed by atoms with E-state index in [1.54, 1.807) is 0 Å². The Kier molecular flexibility index (Phi) is 5.39. The summed E-state index contributed by atoms with van der Waals surface area (Å²) in [6.07, 6.45) is 2.53. The van der Waals surface area contributed by atoms with Gasteiger partial charge in [-0.05, 0) is 35.4 Å².